The molecule has 0 aliphatic carbocycles. The summed E-state index contributed by atoms with van der Waals surface area (Å²) in [4.78, 5) is 2.20. The van der Waals surface area contributed by atoms with E-state index < -0.39 is 0 Å². The minimum atomic E-state index is 0.222. The van der Waals surface area contributed by atoms with Gasteiger partial charge in [0.25, 0.3) is 0 Å². The fourth-order valence-corrected chi connectivity index (χ4v) is 1.32. The van der Waals surface area contributed by atoms with Gasteiger partial charge < -0.3 is 14.6 Å². The predicted octanol–water partition coefficient (Wildman–Crippen LogP) is -0.922. The number of hydrogen-bond acceptors (Lipinski definition) is 4. The van der Waals surface area contributed by atoms with E-state index in [0.717, 1.165) is 32.8 Å². The molecule has 4 heteroatoms. The zero-order valence-electron chi connectivity index (χ0n) is 7.11. The van der Waals surface area contributed by atoms with Gasteiger partial charge in [0.1, 0.15) is 0 Å². The van der Waals surface area contributed by atoms with E-state index in [1.165, 1.54) is 0 Å². The van der Waals surface area contributed by atoms with Gasteiger partial charge in [-0.2, -0.15) is 0 Å². The summed E-state index contributed by atoms with van der Waals surface area (Å²) in [5.74, 6) is 0. The van der Waals surface area contributed by atoms with Crippen LogP contribution in [0.2, 0.25) is 0 Å². The molecule has 0 bridgehead atoms. The van der Waals surface area contributed by atoms with Crippen molar-refractivity contribution in [2.24, 2.45) is 0 Å². The quantitative estimate of drug-likeness (QED) is 0.528. The molecule has 2 heterocycles. The highest BCUT2D eigenvalue weighted by atomic mass is 16.6. The predicted molar refractivity (Wildman–Crippen MR) is 43.0 cm³/mol. The third-order valence-electron chi connectivity index (χ3n) is 2.14. The largest absolute Gasteiger partial charge is 0.395 e. The van der Waals surface area contributed by atoms with E-state index in [4.69, 9.17) is 14.6 Å². The van der Waals surface area contributed by atoms with Gasteiger partial charge in [0.15, 0.2) is 0 Å². The normalized spacial score (nSPS) is 32.5. The Balaban J connectivity index is 1.66. The molecule has 0 radical (unpaired) electrons. The van der Waals surface area contributed by atoms with Crippen LogP contribution in [0.1, 0.15) is 0 Å². The summed E-state index contributed by atoms with van der Waals surface area (Å²) < 4.78 is 10.2. The molecule has 2 fully saturated rings. The average Bonchev–Trinajstić information content (AvgIpc) is 2.82. The van der Waals surface area contributed by atoms with Crippen LogP contribution in [0.5, 0.6) is 0 Å². The lowest BCUT2D eigenvalue weighted by Crippen LogP contribution is -2.34. The van der Waals surface area contributed by atoms with Crippen molar-refractivity contribution < 1.29 is 14.6 Å². The molecule has 0 aromatic carbocycles. The summed E-state index contributed by atoms with van der Waals surface area (Å²) in [6.07, 6.45) is 0.825. The van der Waals surface area contributed by atoms with Gasteiger partial charge in [0, 0.05) is 19.6 Å². The number of aliphatic hydroxyl groups excluding tert-OH is 1. The highest BCUT2D eigenvalue weighted by molar-refractivity contribution is 4.79. The molecular weight excluding hydrogens is 158 g/mol. The Bertz CT molecular complexity index is 131. The number of rotatable bonds is 6. The Morgan fingerprint density at radius 3 is 2.00 bits per heavy atom. The van der Waals surface area contributed by atoms with Gasteiger partial charge in [-0.1, -0.05) is 0 Å². The molecule has 2 unspecified atom stereocenters. The zero-order valence-corrected chi connectivity index (χ0v) is 7.11. The summed E-state index contributed by atoms with van der Waals surface area (Å²) >= 11 is 0. The molecule has 2 rings (SSSR count). The average molecular weight is 173 g/mol. The number of epoxide rings is 2. The van der Waals surface area contributed by atoms with Crippen LogP contribution >= 0.6 is 0 Å². The van der Waals surface area contributed by atoms with Crippen LogP contribution in [0.25, 0.3) is 0 Å². The molecule has 1 N–H and O–H groups in total. The Kier molecular flexibility index (Phi) is 2.60. The summed E-state index contributed by atoms with van der Waals surface area (Å²) in [5, 5.41) is 8.78. The van der Waals surface area contributed by atoms with Crippen LogP contribution in [0.4, 0.5) is 0 Å². The first-order valence-electron chi connectivity index (χ1n) is 4.45. The highest BCUT2D eigenvalue weighted by Gasteiger charge is 2.30. The van der Waals surface area contributed by atoms with Crippen molar-refractivity contribution in [3.05, 3.63) is 0 Å². The monoisotopic (exact) mass is 173 g/mol. The smallest absolute Gasteiger partial charge is 0.0936 e. The number of aliphatic hydroxyl groups is 1. The maximum absolute atomic E-state index is 8.78. The summed E-state index contributed by atoms with van der Waals surface area (Å²) in [6, 6.07) is 0. The second-order valence-electron chi connectivity index (χ2n) is 3.39. The molecular formula is C8H15NO3. The first-order chi connectivity index (χ1) is 5.88. The Labute approximate surface area is 72.1 Å². The molecule has 0 spiro atoms. The van der Waals surface area contributed by atoms with Crippen molar-refractivity contribution in [3.8, 4) is 0 Å². The first-order valence-corrected chi connectivity index (χ1v) is 4.45. The minimum Gasteiger partial charge on any atom is -0.395 e. The van der Waals surface area contributed by atoms with Crippen molar-refractivity contribution in [2.75, 3.05) is 39.5 Å². The third-order valence-corrected chi connectivity index (χ3v) is 2.14. The SMILES string of the molecule is OCCN(CC1CO1)CC1CO1. The standard InChI is InChI=1S/C8H15NO3/c10-2-1-9(3-7-5-11-7)4-8-6-12-8/h7-8,10H,1-6H2. The summed E-state index contributed by atoms with van der Waals surface area (Å²) in [7, 11) is 0. The first kappa shape index (κ1) is 8.44. The lowest BCUT2D eigenvalue weighted by Gasteiger charge is -2.18. The van der Waals surface area contributed by atoms with E-state index >= 15 is 0 Å². The maximum atomic E-state index is 8.78. The third kappa shape index (κ3) is 2.71. The Morgan fingerprint density at radius 2 is 1.67 bits per heavy atom. The van der Waals surface area contributed by atoms with E-state index in [9.17, 15) is 0 Å². The van der Waals surface area contributed by atoms with Crippen LogP contribution in [0.15, 0.2) is 0 Å². The second-order valence-corrected chi connectivity index (χ2v) is 3.39. The van der Waals surface area contributed by atoms with E-state index in [-0.39, 0.29) is 6.61 Å². The lowest BCUT2D eigenvalue weighted by atomic mass is 10.3. The van der Waals surface area contributed by atoms with Gasteiger partial charge in [0.05, 0.1) is 32.0 Å². The van der Waals surface area contributed by atoms with Gasteiger partial charge in [-0.25, -0.2) is 0 Å². The maximum Gasteiger partial charge on any atom is 0.0936 e. The minimum absolute atomic E-state index is 0.222. The second kappa shape index (κ2) is 3.70. The summed E-state index contributed by atoms with van der Waals surface area (Å²) in [5.41, 5.74) is 0. The molecule has 0 saturated carbocycles. The topological polar surface area (TPSA) is 48.5 Å². The fraction of sp³-hybridized carbons (Fsp3) is 1.00. The van der Waals surface area contributed by atoms with Crippen molar-refractivity contribution in [2.45, 2.75) is 12.2 Å². The van der Waals surface area contributed by atoms with E-state index in [1.54, 1.807) is 0 Å². The molecule has 0 aromatic rings. The molecule has 2 aliphatic rings. The van der Waals surface area contributed by atoms with Crippen LogP contribution in [-0.4, -0.2) is 61.7 Å². The molecule has 4 nitrogen and oxygen atoms in total. The van der Waals surface area contributed by atoms with Crippen LogP contribution in [0.3, 0.4) is 0 Å². The van der Waals surface area contributed by atoms with Crippen molar-refractivity contribution in [1.82, 2.24) is 4.90 Å². The van der Waals surface area contributed by atoms with Gasteiger partial charge in [-0.05, 0) is 0 Å². The fourth-order valence-electron chi connectivity index (χ4n) is 1.32. The molecule has 0 aromatic heterocycles. The lowest BCUT2D eigenvalue weighted by molar-refractivity contribution is 0.172. The van der Waals surface area contributed by atoms with Crippen LogP contribution < -0.4 is 0 Å². The Hall–Kier alpha value is -0.160. The van der Waals surface area contributed by atoms with Crippen molar-refractivity contribution in [1.29, 1.82) is 0 Å². The number of hydrogen-bond donors (Lipinski definition) is 1. The van der Waals surface area contributed by atoms with Gasteiger partial charge in [-0.3, -0.25) is 4.90 Å². The molecule has 0 amide bonds. The molecule has 2 aliphatic heterocycles. The summed E-state index contributed by atoms with van der Waals surface area (Å²) in [6.45, 7) is 4.61. The number of nitrogens with zero attached hydrogens (tertiary/aromatic N) is 1. The molecule has 2 atom stereocenters. The van der Waals surface area contributed by atoms with E-state index in [0.29, 0.717) is 12.2 Å². The highest BCUT2D eigenvalue weighted by Crippen LogP contribution is 2.15. The van der Waals surface area contributed by atoms with Gasteiger partial charge >= 0.3 is 0 Å². The zero-order chi connectivity index (χ0) is 8.39. The van der Waals surface area contributed by atoms with Crippen molar-refractivity contribution >= 4 is 0 Å². The van der Waals surface area contributed by atoms with Gasteiger partial charge in [0.2, 0.25) is 0 Å². The molecule has 70 valence electrons. The van der Waals surface area contributed by atoms with E-state index in [1.807, 2.05) is 0 Å². The number of ether oxygens (including phenoxy) is 2. The van der Waals surface area contributed by atoms with E-state index in [2.05, 4.69) is 4.90 Å². The van der Waals surface area contributed by atoms with Gasteiger partial charge in [-0.15, -0.1) is 0 Å². The Morgan fingerprint density at radius 1 is 1.17 bits per heavy atom. The van der Waals surface area contributed by atoms with Crippen LogP contribution in [-0.2, 0) is 9.47 Å². The molecule has 2 saturated heterocycles. The van der Waals surface area contributed by atoms with Crippen LogP contribution in [0, 0.1) is 0 Å². The molecule has 12 heavy (non-hydrogen) atoms. The van der Waals surface area contributed by atoms with Crippen molar-refractivity contribution in [3.63, 3.8) is 0 Å².